The van der Waals surface area contributed by atoms with Crippen LogP contribution < -0.4 is 11.1 Å². The van der Waals surface area contributed by atoms with Gasteiger partial charge in [0.15, 0.2) is 5.13 Å². The monoisotopic (exact) mass is 259 g/mol. The summed E-state index contributed by atoms with van der Waals surface area (Å²) in [5.74, 6) is 0.197. The molecule has 3 rings (SSSR count). The Morgan fingerprint density at radius 1 is 1.44 bits per heavy atom. The van der Waals surface area contributed by atoms with Gasteiger partial charge in [0.25, 0.3) is 5.91 Å². The van der Waals surface area contributed by atoms with Crippen LogP contribution in [0.1, 0.15) is 10.4 Å². The molecule has 1 amide bonds. The lowest BCUT2D eigenvalue weighted by Gasteiger charge is -2.01. The van der Waals surface area contributed by atoms with Crippen molar-refractivity contribution < 1.29 is 4.79 Å². The molecule has 0 saturated carbocycles. The summed E-state index contributed by atoms with van der Waals surface area (Å²) in [6.45, 7) is 0. The fourth-order valence-electron chi connectivity index (χ4n) is 1.60. The third-order valence-electron chi connectivity index (χ3n) is 2.40. The highest BCUT2D eigenvalue weighted by atomic mass is 32.1. The van der Waals surface area contributed by atoms with Crippen LogP contribution in [0.25, 0.3) is 10.2 Å². The van der Waals surface area contributed by atoms with Crippen molar-refractivity contribution >= 4 is 38.5 Å². The van der Waals surface area contributed by atoms with Gasteiger partial charge in [0.1, 0.15) is 0 Å². The second-order valence-electron chi connectivity index (χ2n) is 3.63. The summed E-state index contributed by atoms with van der Waals surface area (Å²) >= 11 is 1.35. The van der Waals surface area contributed by atoms with Crippen molar-refractivity contribution in [3.63, 3.8) is 0 Å². The van der Waals surface area contributed by atoms with Gasteiger partial charge in [0, 0.05) is 18.0 Å². The van der Waals surface area contributed by atoms with Crippen molar-refractivity contribution in [1.29, 1.82) is 0 Å². The number of benzene rings is 1. The summed E-state index contributed by atoms with van der Waals surface area (Å²) in [7, 11) is 0. The number of imidazole rings is 1. The molecule has 0 aliphatic carbocycles. The third kappa shape index (κ3) is 1.91. The van der Waals surface area contributed by atoms with Crippen LogP contribution in [-0.4, -0.2) is 20.9 Å². The molecule has 0 radical (unpaired) electrons. The van der Waals surface area contributed by atoms with E-state index >= 15 is 0 Å². The van der Waals surface area contributed by atoms with Crippen LogP contribution in [0.3, 0.4) is 0 Å². The Morgan fingerprint density at radius 2 is 2.33 bits per heavy atom. The molecule has 6 nitrogen and oxygen atoms in total. The van der Waals surface area contributed by atoms with Crippen LogP contribution >= 0.6 is 11.3 Å². The first-order chi connectivity index (χ1) is 8.72. The van der Waals surface area contributed by atoms with E-state index < -0.39 is 0 Å². The number of carbonyl (C=O) groups is 1. The molecule has 2 aromatic heterocycles. The maximum absolute atomic E-state index is 11.9. The Morgan fingerprint density at radius 3 is 3.11 bits per heavy atom. The number of anilines is 2. The maximum Gasteiger partial charge on any atom is 0.258 e. The molecule has 0 bridgehead atoms. The fourth-order valence-corrected chi connectivity index (χ4v) is 2.37. The molecule has 3 aromatic rings. The standard InChI is InChI=1S/C11H9N5OS/c12-10-15-7-2-1-6(5-8(7)18-10)9(17)16-11-13-3-4-14-11/h1-5H,(H2,12,15)(H2,13,14,16,17). The van der Waals surface area contributed by atoms with E-state index in [0.717, 1.165) is 10.2 Å². The largest absolute Gasteiger partial charge is 0.375 e. The van der Waals surface area contributed by atoms with Gasteiger partial charge in [0.05, 0.1) is 10.2 Å². The third-order valence-corrected chi connectivity index (χ3v) is 3.24. The summed E-state index contributed by atoms with van der Waals surface area (Å²) in [6.07, 6.45) is 3.21. The number of aromatic amines is 1. The van der Waals surface area contributed by atoms with Crippen molar-refractivity contribution in [2.75, 3.05) is 11.1 Å². The first-order valence-electron chi connectivity index (χ1n) is 5.19. The molecule has 0 saturated heterocycles. The SMILES string of the molecule is Nc1nc2ccc(C(=O)Nc3ncc[nH]3)cc2s1. The van der Waals surface area contributed by atoms with Gasteiger partial charge in [-0.05, 0) is 18.2 Å². The maximum atomic E-state index is 11.9. The van der Waals surface area contributed by atoms with Gasteiger partial charge in [-0.3, -0.25) is 10.1 Å². The van der Waals surface area contributed by atoms with Crippen LogP contribution in [0.4, 0.5) is 11.1 Å². The smallest absolute Gasteiger partial charge is 0.258 e. The van der Waals surface area contributed by atoms with Crippen molar-refractivity contribution in [3.8, 4) is 0 Å². The van der Waals surface area contributed by atoms with Crippen LogP contribution in [0, 0.1) is 0 Å². The van der Waals surface area contributed by atoms with Crippen LogP contribution in [-0.2, 0) is 0 Å². The zero-order chi connectivity index (χ0) is 12.5. The predicted molar refractivity (Wildman–Crippen MR) is 70.6 cm³/mol. The van der Waals surface area contributed by atoms with Gasteiger partial charge in [-0.2, -0.15) is 0 Å². The summed E-state index contributed by atoms with van der Waals surface area (Å²) in [6, 6.07) is 5.25. The molecule has 0 aliphatic heterocycles. The average molecular weight is 259 g/mol. The van der Waals surface area contributed by atoms with E-state index in [1.165, 1.54) is 11.3 Å². The lowest BCUT2D eigenvalue weighted by atomic mass is 10.2. The molecule has 0 aliphatic rings. The highest BCUT2D eigenvalue weighted by molar-refractivity contribution is 7.22. The molecule has 90 valence electrons. The van der Waals surface area contributed by atoms with Crippen LogP contribution in [0.2, 0.25) is 0 Å². The van der Waals surface area contributed by atoms with Crippen LogP contribution in [0.15, 0.2) is 30.6 Å². The summed E-state index contributed by atoms with van der Waals surface area (Å²) < 4.78 is 0.889. The van der Waals surface area contributed by atoms with E-state index in [4.69, 9.17) is 5.73 Å². The zero-order valence-electron chi connectivity index (χ0n) is 9.18. The predicted octanol–water partition coefficient (Wildman–Crippen LogP) is 1.85. The fraction of sp³-hybridized carbons (Fsp3) is 0. The number of nitrogens with zero attached hydrogens (tertiary/aromatic N) is 2. The summed E-state index contributed by atoms with van der Waals surface area (Å²) in [5, 5.41) is 3.15. The number of hydrogen-bond donors (Lipinski definition) is 3. The van der Waals surface area contributed by atoms with E-state index in [1.807, 2.05) is 0 Å². The number of aromatic nitrogens is 3. The molecule has 7 heteroatoms. The number of rotatable bonds is 2. The van der Waals surface area contributed by atoms with Crippen molar-refractivity contribution in [1.82, 2.24) is 15.0 Å². The zero-order valence-corrected chi connectivity index (χ0v) is 9.99. The number of nitrogens with two attached hydrogens (primary N) is 1. The summed E-state index contributed by atoms with van der Waals surface area (Å²) in [5.41, 5.74) is 6.96. The van der Waals surface area contributed by atoms with E-state index in [2.05, 4.69) is 20.3 Å². The highest BCUT2D eigenvalue weighted by Crippen LogP contribution is 2.24. The van der Waals surface area contributed by atoms with E-state index in [9.17, 15) is 4.79 Å². The van der Waals surface area contributed by atoms with E-state index in [-0.39, 0.29) is 5.91 Å². The van der Waals surface area contributed by atoms with Gasteiger partial charge >= 0.3 is 0 Å². The number of amides is 1. The number of carbonyl (C=O) groups excluding carboxylic acids is 1. The molecule has 18 heavy (non-hydrogen) atoms. The minimum absolute atomic E-state index is 0.223. The van der Waals surface area contributed by atoms with Gasteiger partial charge in [-0.1, -0.05) is 11.3 Å². The molecule has 4 N–H and O–H groups in total. The minimum Gasteiger partial charge on any atom is -0.375 e. The molecular weight excluding hydrogens is 250 g/mol. The Hall–Kier alpha value is -2.41. The first-order valence-corrected chi connectivity index (χ1v) is 6.01. The second-order valence-corrected chi connectivity index (χ2v) is 4.69. The van der Waals surface area contributed by atoms with Crippen molar-refractivity contribution in [2.24, 2.45) is 0 Å². The Balaban J connectivity index is 1.91. The second kappa shape index (κ2) is 4.11. The number of thiazole rings is 1. The molecule has 0 unspecified atom stereocenters. The number of nitrogen functional groups attached to an aromatic ring is 1. The first kappa shape index (κ1) is 10.7. The lowest BCUT2D eigenvalue weighted by molar-refractivity contribution is 0.102. The van der Waals surface area contributed by atoms with Gasteiger partial charge < -0.3 is 10.7 Å². The Labute approximate surface area is 106 Å². The quantitative estimate of drug-likeness (QED) is 0.654. The lowest BCUT2D eigenvalue weighted by Crippen LogP contribution is -2.12. The molecule has 1 aromatic carbocycles. The van der Waals surface area contributed by atoms with Gasteiger partial charge in [-0.15, -0.1) is 0 Å². The minimum atomic E-state index is -0.223. The number of fused-ring (bicyclic) bond motifs is 1. The average Bonchev–Trinajstić information content (AvgIpc) is 2.95. The highest BCUT2D eigenvalue weighted by Gasteiger charge is 2.09. The number of nitrogens with one attached hydrogen (secondary N) is 2. The Bertz CT molecular complexity index is 703. The molecular formula is C11H9N5OS. The summed E-state index contributed by atoms with van der Waals surface area (Å²) in [4.78, 5) is 22.8. The van der Waals surface area contributed by atoms with Gasteiger partial charge in [0.2, 0.25) is 5.95 Å². The number of hydrogen-bond acceptors (Lipinski definition) is 5. The molecule has 0 atom stereocenters. The normalized spacial score (nSPS) is 10.7. The van der Waals surface area contributed by atoms with E-state index in [1.54, 1.807) is 30.6 Å². The van der Waals surface area contributed by atoms with Crippen molar-refractivity contribution in [2.45, 2.75) is 0 Å². The van der Waals surface area contributed by atoms with Crippen LogP contribution in [0.5, 0.6) is 0 Å². The Kier molecular flexibility index (Phi) is 2.45. The molecule has 0 spiro atoms. The van der Waals surface area contributed by atoms with E-state index in [0.29, 0.717) is 16.6 Å². The topological polar surface area (TPSA) is 96.7 Å². The number of H-pyrrole nitrogens is 1. The van der Waals surface area contributed by atoms with Gasteiger partial charge in [-0.25, -0.2) is 9.97 Å². The molecule has 0 fully saturated rings. The molecule has 2 heterocycles. The van der Waals surface area contributed by atoms with Crippen molar-refractivity contribution in [3.05, 3.63) is 36.2 Å².